The fourth-order valence-corrected chi connectivity index (χ4v) is 3.57. The van der Waals surface area contributed by atoms with Crippen LogP contribution < -0.4 is 14.9 Å². The number of rotatable bonds is 6. The van der Waals surface area contributed by atoms with Gasteiger partial charge in [0.15, 0.2) is 5.82 Å². The van der Waals surface area contributed by atoms with Crippen LogP contribution in [0.3, 0.4) is 0 Å². The van der Waals surface area contributed by atoms with E-state index >= 15 is 0 Å². The average Bonchev–Trinajstić information content (AvgIpc) is 2.93. The van der Waals surface area contributed by atoms with Gasteiger partial charge in [-0.1, -0.05) is 70.2 Å². The summed E-state index contributed by atoms with van der Waals surface area (Å²) in [6.45, 7) is 8.42. The lowest BCUT2D eigenvalue weighted by atomic mass is 9.79. The summed E-state index contributed by atoms with van der Waals surface area (Å²) in [7, 11) is 1.56. The van der Waals surface area contributed by atoms with Crippen LogP contribution in [0.2, 0.25) is 15.9 Å². The van der Waals surface area contributed by atoms with Crippen LogP contribution in [-0.2, 0) is 0 Å². The third-order valence-electron chi connectivity index (χ3n) is 5.20. The Labute approximate surface area is 248 Å². The summed E-state index contributed by atoms with van der Waals surface area (Å²) in [5, 5.41) is 18.0. The molecule has 4 aromatic rings. The SMILES string of the molecule is CC(C)c1cccc(B(O)O)c1.COc1nc(Cl)nc(-c2cccc(C(C)C)c2)n1.COc1nc(Cl)nc(Cl)n1. The number of aromatic nitrogens is 6. The molecule has 2 aromatic carbocycles. The molecule has 0 amide bonds. The Morgan fingerprint density at radius 2 is 1.12 bits per heavy atom. The fourth-order valence-electron chi connectivity index (χ4n) is 3.07. The lowest BCUT2D eigenvalue weighted by molar-refractivity contribution is 0.378. The molecule has 2 N–H and O–H groups in total. The van der Waals surface area contributed by atoms with Crippen molar-refractivity contribution in [3.05, 3.63) is 75.5 Å². The van der Waals surface area contributed by atoms with Crippen molar-refractivity contribution in [2.45, 2.75) is 39.5 Å². The first kappa shape index (κ1) is 33.1. The molecule has 0 saturated heterocycles. The van der Waals surface area contributed by atoms with Gasteiger partial charge in [-0.2, -0.15) is 29.9 Å². The van der Waals surface area contributed by atoms with E-state index in [0.717, 1.165) is 11.1 Å². The number of benzene rings is 2. The molecule has 0 spiro atoms. The normalized spacial score (nSPS) is 10.3. The summed E-state index contributed by atoms with van der Waals surface area (Å²) in [5.41, 5.74) is 3.81. The van der Waals surface area contributed by atoms with Gasteiger partial charge in [0.1, 0.15) is 0 Å². The van der Waals surface area contributed by atoms with Crippen LogP contribution in [0.25, 0.3) is 11.4 Å². The maximum absolute atomic E-state index is 8.89. The summed E-state index contributed by atoms with van der Waals surface area (Å²) in [5.74, 6) is 1.39. The first-order valence-corrected chi connectivity index (χ1v) is 13.2. The number of hydrogen-bond donors (Lipinski definition) is 2. The molecule has 0 unspecified atom stereocenters. The summed E-state index contributed by atoms with van der Waals surface area (Å²) >= 11 is 16.6. The molecule has 0 aliphatic rings. The zero-order valence-electron chi connectivity index (χ0n) is 22.9. The number of ether oxygens (including phenoxy) is 2. The molecule has 0 saturated carbocycles. The van der Waals surface area contributed by atoms with Crippen molar-refractivity contribution in [1.29, 1.82) is 0 Å². The molecule has 14 heteroatoms. The summed E-state index contributed by atoms with van der Waals surface area (Å²) in [6, 6.07) is 15.7. The van der Waals surface area contributed by atoms with Gasteiger partial charge in [0.05, 0.1) is 14.2 Å². The van der Waals surface area contributed by atoms with Crippen LogP contribution in [-0.4, -0.2) is 61.3 Å². The number of halogens is 3. The molecule has 10 nitrogen and oxygen atoms in total. The Balaban J connectivity index is 0.000000222. The quantitative estimate of drug-likeness (QED) is 0.288. The van der Waals surface area contributed by atoms with Crippen molar-refractivity contribution in [3.63, 3.8) is 0 Å². The van der Waals surface area contributed by atoms with E-state index in [9.17, 15) is 0 Å². The fraction of sp³-hybridized carbons (Fsp3) is 0.308. The molecule has 0 fully saturated rings. The molecule has 0 bridgehead atoms. The minimum absolute atomic E-state index is 0.0249. The third-order valence-corrected chi connectivity index (χ3v) is 5.71. The van der Waals surface area contributed by atoms with Crippen LogP contribution in [0.1, 0.15) is 50.7 Å². The average molecular weight is 608 g/mol. The molecular weight excluding hydrogens is 577 g/mol. The highest BCUT2D eigenvalue weighted by Gasteiger charge is 2.11. The van der Waals surface area contributed by atoms with E-state index < -0.39 is 7.12 Å². The Kier molecular flexibility index (Phi) is 13.5. The van der Waals surface area contributed by atoms with E-state index in [1.807, 2.05) is 30.3 Å². The van der Waals surface area contributed by atoms with E-state index in [1.54, 1.807) is 6.07 Å². The molecular formula is C26H30BCl3N6O4. The highest BCUT2D eigenvalue weighted by molar-refractivity contribution is 6.58. The number of methoxy groups -OCH3 is 2. The lowest BCUT2D eigenvalue weighted by Crippen LogP contribution is -2.29. The zero-order valence-corrected chi connectivity index (χ0v) is 25.1. The summed E-state index contributed by atoms with van der Waals surface area (Å²) in [4.78, 5) is 22.9. The molecule has 0 aliphatic carbocycles. The van der Waals surface area contributed by atoms with Crippen molar-refractivity contribution in [2.24, 2.45) is 0 Å². The lowest BCUT2D eigenvalue weighted by Gasteiger charge is -2.08. The van der Waals surface area contributed by atoms with Gasteiger partial charge in [0, 0.05) is 5.56 Å². The maximum atomic E-state index is 8.89. The topological polar surface area (TPSA) is 136 Å². The summed E-state index contributed by atoms with van der Waals surface area (Å²) < 4.78 is 9.63. The van der Waals surface area contributed by atoms with Crippen LogP contribution in [0.15, 0.2) is 48.5 Å². The van der Waals surface area contributed by atoms with Gasteiger partial charge < -0.3 is 19.5 Å². The van der Waals surface area contributed by atoms with Crippen LogP contribution >= 0.6 is 34.8 Å². The third kappa shape index (κ3) is 10.8. The predicted molar refractivity (Wildman–Crippen MR) is 158 cm³/mol. The Hall–Kier alpha value is -3.09. The standard InChI is InChI=1S/C13H14ClN3O.C9H13BO2.C4H3Cl2N3O/c1-8(2)9-5-4-6-10(7-9)11-15-12(14)17-13(16-11)18-3;1-7(2)8-4-3-5-9(6-8)10(11)12;1-10-4-8-2(5)7-3(6)9-4/h4-8H,1-3H3;3-7,11-12H,1-2H3;1H3. The van der Waals surface area contributed by atoms with Gasteiger partial charge in [-0.25, -0.2) is 0 Å². The molecule has 212 valence electrons. The molecule has 2 heterocycles. The monoisotopic (exact) mass is 606 g/mol. The second-order valence-electron chi connectivity index (χ2n) is 8.75. The van der Waals surface area contributed by atoms with Gasteiger partial charge in [-0.15, -0.1) is 0 Å². The Morgan fingerprint density at radius 3 is 1.62 bits per heavy atom. The van der Waals surface area contributed by atoms with Crippen LogP contribution in [0.5, 0.6) is 12.0 Å². The molecule has 40 heavy (non-hydrogen) atoms. The summed E-state index contributed by atoms with van der Waals surface area (Å²) in [6.07, 6.45) is 0. The Bertz CT molecular complexity index is 1340. The first-order valence-electron chi connectivity index (χ1n) is 12.1. The minimum Gasteiger partial charge on any atom is -0.467 e. The highest BCUT2D eigenvalue weighted by Crippen LogP contribution is 2.23. The molecule has 2 aromatic heterocycles. The molecule has 0 aliphatic heterocycles. The second kappa shape index (κ2) is 16.2. The van der Waals surface area contributed by atoms with Crippen molar-refractivity contribution in [3.8, 4) is 23.4 Å². The Morgan fingerprint density at radius 1 is 0.650 bits per heavy atom. The van der Waals surface area contributed by atoms with Crippen molar-refractivity contribution in [1.82, 2.24) is 29.9 Å². The first-order chi connectivity index (χ1) is 18.9. The van der Waals surface area contributed by atoms with Gasteiger partial charge in [0.2, 0.25) is 15.9 Å². The number of nitrogens with zero attached hydrogens (tertiary/aromatic N) is 6. The largest absolute Gasteiger partial charge is 0.488 e. The van der Waals surface area contributed by atoms with E-state index in [4.69, 9.17) is 49.6 Å². The van der Waals surface area contributed by atoms with E-state index in [1.165, 1.54) is 19.8 Å². The van der Waals surface area contributed by atoms with Crippen molar-refractivity contribution < 1.29 is 19.5 Å². The van der Waals surface area contributed by atoms with Gasteiger partial charge in [0.25, 0.3) is 0 Å². The van der Waals surface area contributed by atoms with E-state index in [0.29, 0.717) is 23.1 Å². The van der Waals surface area contributed by atoms with E-state index in [2.05, 4.69) is 74.5 Å². The van der Waals surface area contributed by atoms with E-state index in [-0.39, 0.29) is 27.9 Å². The molecule has 0 atom stereocenters. The molecule has 0 radical (unpaired) electrons. The second-order valence-corrected chi connectivity index (χ2v) is 9.77. The maximum Gasteiger partial charge on any atom is 0.488 e. The van der Waals surface area contributed by atoms with Crippen molar-refractivity contribution in [2.75, 3.05) is 14.2 Å². The highest BCUT2D eigenvalue weighted by atomic mass is 35.5. The van der Waals surface area contributed by atoms with Crippen molar-refractivity contribution >= 4 is 47.4 Å². The smallest absolute Gasteiger partial charge is 0.467 e. The zero-order chi connectivity index (χ0) is 29.8. The molecule has 4 rings (SSSR count). The number of hydrogen-bond acceptors (Lipinski definition) is 10. The van der Waals surface area contributed by atoms with Gasteiger partial charge >= 0.3 is 19.1 Å². The van der Waals surface area contributed by atoms with Gasteiger partial charge in [-0.05, 0) is 69.3 Å². The predicted octanol–water partition coefficient (Wildman–Crippen LogP) is 5.00. The minimum atomic E-state index is -1.36. The van der Waals surface area contributed by atoms with Crippen LogP contribution in [0, 0.1) is 0 Å². The van der Waals surface area contributed by atoms with Gasteiger partial charge in [-0.3, -0.25) is 0 Å². The van der Waals surface area contributed by atoms with Crippen LogP contribution in [0.4, 0.5) is 0 Å².